The SMILES string of the molecule is C=CCOC(=O)C1=C(Sc2nc(C3=C[C@H](C(C)C)N(C(=O)OCC=C)CC3)cs2)[C@H](C)[C@@H]2[C@@H]([C@@H](C)O[Si](C)(C)C)C(=O)N12. The third kappa shape index (κ3) is 7.02. The Morgan fingerprint density at radius 2 is 1.86 bits per heavy atom. The number of carbonyl (C=O) groups excluding carboxylic acids is 3. The minimum absolute atomic E-state index is 0.0602. The predicted octanol–water partition coefficient (Wildman–Crippen LogP) is 6.33. The van der Waals surface area contributed by atoms with Crippen molar-refractivity contribution in [2.75, 3.05) is 19.8 Å². The Balaban J connectivity index is 1.58. The van der Waals surface area contributed by atoms with E-state index in [2.05, 4.69) is 59.6 Å². The smallest absolute Gasteiger partial charge is 0.410 e. The molecule has 4 rings (SSSR count). The minimum Gasteiger partial charge on any atom is -0.457 e. The summed E-state index contributed by atoms with van der Waals surface area (Å²) in [5, 5.41) is 2.01. The number of β-lactam (4-membered cyclic amide) rings is 1. The lowest BCUT2D eigenvalue weighted by Crippen LogP contribution is -2.64. The molecular formula is C31H43N3O6S2Si. The van der Waals surface area contributed by atoms with Gasteiger partial charge in [0.05, 0.1) is 29.8 Å². The van der Waals surface area contributed by atoms with Crippen molar-refractivity contribution in [1.82, 2.24) is 14.8 Å². The Bertz CT molecular complexity index is 1330. The van der Waals surface area contributed by atoms with Gasteiger partial charge in [-0.1, -0.05) is 63.9 Å². The number of rotatable bonds is 12. The van der Waals surface area contributed by atoms with E-state index >= 15 is 0 Å². The maximum Gasteiger partial charge on any atom is 0.410 e. The van der Waals surface area contributed by atoms with Gasteiger partial charge in [0.25, 0.3) is 0 Å². The average Bonchev–Trinajstić information content (AvgIpc) is 3.50. The van der Waals surface area contributed by atoms with Gasteiger partial charge in [-0.25, -0.2) is 14.6 Å². The second kappa shape index (κ2) is 13.5. The van der Waals surface area contributed by atoms with Crippen molar-refractivity contribution in [2.24, 2.45) is 17.8 Å². The standard InChI is InChI=1S/C31H43N3O6S2Si/c1-10-14-38-29(36)26-27(19(5)25-24(28(35)34(25)26)20(6)40-43(7,8)9)42-30-32-22(17-41-30)21-12-13-33(23(16-21)18(3)4)31(37)39-15-11-2/h10-11,16-20,23-25H,1-2,12-15H2,3-9H3/t19-,20-,23-,24-,25-/m1/s1. The van der Waals surface area contributed by atoms with Gasteiger partial charge in [0.2, 0.25) is 5.91 Å². The number of aromatic nitrogens is 1. The number of thioether (sulfide) groups is 1. The van der Waals surface area contributed by atoms with Gasteiger partial charge in [-0.15, -0.1) is 11.3 Å². The third-order valence-corrected chi connectivity index (χ3v) is 11.1. The number of esters is 1. The molecule has 2 amide bonds. The number of thiazole rings is 1. The molecule has 0 bridgehead atoms. The van der Waals surface area contributed by atoms with Gasteiger partial charge in [0.15, 0.2) is 12.7 Å². The molecule has 5 atom stereocenters. The maximum absolute atomic E-state index is 13.5. The molecule has 0 radical (unpaired) electrons. The van der Waals surface area contributed by atoms with Gasteiger partial charge in [-0.2, -0.15) is 0 Å². The summed E-state index contributed by atoms with van der Waals surface area (Å²) >= 11 is 2.93. The van der Waals surface area contributed by atoms with E-state index in [0.29, 0.717) is 18.7 Å². The lowest BCUT2D eigenvalue weighted by molar-refractivity contribution is -0.163. The molecule has 0 spiro atoms. The van der Waals surface area contributed by atoms with E-state index in [1.165, 1.54) is 29.2 Å². The number of hydrogen-bond acceptors (Lipinski definition) is 9. The Hall–Kier alpha value is -2.67. The van der Waals surface area contributed by atoms with Crippen LogP contribution in [0.4, 0.5) is 4.79 Å². The lowest BCUT2D eigenvalue weighted by atomic mass is 9.79. The van der Waals surface area contributed by atoms with E-state index in [4.69, 9.17) is 18.9 Å². The van der Waals surface area contributed by atoms with Gasteiger partial charge in [0.1, 0.15) is 18.9 Å². The first-order valence-corrected chi connectivity index (χ1v) is 19.8. The summed E-state index contributed by atoms with van der Waals surface area (Å²) < 4.78 is 17.8. The summed E-state index contributed by atoms with van der Waals surface area (Å²) in [5.41, 5.74) is 2.23. The molecule has 1 saturated heterocycles. The van der Waals surface area contributed by atoms with Crippen molar-refractivity contribution < 1.29 is 28.3 Å². The lowest BCUT2D eigenvalue weighted by Gasteiger charge is -2.48. The monoisotopic (exact) mass is 645 g/mol. The van der Waals surface area contributed by atoms with Crippen LogP contribution in [0.1, 0.15) is 39.8 Å². The first kappa shape index (κ1) is 33.2. The molecule has 1 fully saturated rings. The average molecular weight is 646 g/mol. The second-order valence-corrected chi connectivity index (χ2v) is 19.0. The van der Waals surface area contributed by atoms with E-state index in [-0.39, 0.29) is 61.2 Å². The maximum atomic E-state index is 13.5. The van der Waals surface area contributed by atoms with Gasteiger partial charge in [-0.05, 0) is 44.5 Å². The van der Waals surface area contributed by atoms with Crippen LogP contribution in [-0.4, -0.2) is 79.0 Å². The fraction of sp³-hybridized carbons (Fsp3) is 0.548. The topological polar surface area (TPSA) is 98.3 Å². The Kier molecular flexibility index (Phi) is 10.5. The fourth-order valence-electron chi connectivity index (χ4n) is 5.98. The molecule has 43 heavy (non-hydrogen) atoms. The number of carbonyl (C=O) groups is 3. The van der Waals surface area contributed by atoms with Crippen molar-refractivity contribution in [2.45, 2.75) is 76.3 Å². The molecule has 1 aromatic heterocycles. The van der Waals surface area contributed by atoms with E-state index in [9.17, 15) is 14.4 Å². The zero-order valence-corrected chi connectivity index (χ0v) is 28.8. The summed E-state index contributed by atoms with van der Waals surface area (Å²) in [6.45, 7) is 22.5. The largest absolute Gasteiger partial charge is 0.457 e. The molecule has 0 unspecified atom stereocenters. The Morgan fingerprint density at radius 1 is 1.19 bits per heavy atom. The van der Waals surface area contributed by atoms with Crippen LogP contribution in [0.15, 0.2) is 51.7 Å². The summed E-state index contributed by atoms with van der Waals surface area (Å²) in [6, 6.07) is -0.291. The number of amides is 2. The van der Waals surface area contributed by atoms with Crippen LogP contribution in [0.25, 0.3) is 5.57 Å². The molecule has 0 saturated carbocycles. The number of ether oxygens (including phenoxy) is 2. The molecule has 3 aliphatic rings. The van der Waals surface area contributed by atoms with E-state index in [0.717, 1.165) is 20.5 Å². The van der Waals surface area contributed by atoms with Crippen molar-refractivity contribution in [3.8, 4) is 0 Å². The molecular weight excluding hydrogens is 603 g/mol. The van der Waals surface area contributed by atoms with Crippen LogP contribution < -0.4 is 0 Å². The van der Waals surface area contributed by atoms with Crippen LogP contribution >= 0.6 is 23.1 Å². The zero-order chi connectivity index (χ0) is 31.6. The molecule has 12 heteroatoms. The predicted molar refractivity (Wildman–Crippen MR) is 173 cm³/mol. The minimum atomic E-state index is -1.88. The van der Waals surface area contributed by atoms with E-state index in [1.807, 2.05) is 12.3 Å². The molecule has 0 aliphatic carbocycles. The Morgan fingerprint density at radius 3 is 2.49 bits per heavy atom. The van der Waals surface area contributed by atoms with Crippen molar-refractivity contribution in [3.63, 3.8) is 0 Å². The third-order valence-electron chi connectivity index (χ3n) is 7.77. The van der Waals surface area contributed by atoms with Crippen LogP contribution in [0.2, 0.25) is 19.6 Å². The molecule has 1 aromatic rings. The van der Waals surface area contributed by atoms with Gasteiger partial charge >= 0.3 is 12.1 Å². The second-order valence-electron chi connectivity index (χ2n) is 12.4. The van der Waals surface area contributed by atoms with Crippen molar-refractivity contribution in [3.05, 3.63) is 53.1 Å². The number of nitrogens with zero attached hydrogens (tertiary/aromatic N) is 3. The van der Waals surface area contributed by atoms with Crippen LogP contribution in [0.5, 0.6) is 0 Å². The van der Waals surface area contributed by atoms with Crippen LogP contribution in [0, 0.1) is 17.8 Å². The quantitative estimate of drug-likeness (QED) is 0.113. The highest BCUT2D eigenvalue weighted by atomic mass is 32.2. The fourth-order valence-corrected chi connectivity index (χ4v) is 9.35. The molecule has 9 nitrogen and oxygen atoms in total. The van der Waals surface area contributed by atoms with Gasteiger partial charge < -0.3 is 23.7 Å². The summed E-state index contributed by atoms with van der Waals surface area (Å²) in [4.78, 5) is 48.4. The zero-order valence-electron chi connectivity index (χ0n) is 26.1. The van der Waals surface area contributed by atoms with Crippen LogP contribution in [-0.2, 0) is 23.5 Å². The first-order chi connectivity index (χ1) is 20.3. The normalized spacial score (nSPS) is 24.4. The molecule has 0 aromatic carbocycles. The van der Waals surface area contributed by atoms with E-state index < -0.39 is 14.3 Å². The summed E-state index contributed by atoms with van der Waals surface area (Å²) in [6.07, 6.45) is 5.25. The number of hydrogen-bond donors (Lipinski definition) is 0. The highest BCUT2D eigenvalue weighted by Crippen LogP contribution is 2.53. The summed E-state index contributed by atoms with van der Waals surface area (Å²) in [5.74, 6) is -0.858. The van der Waals surface area contributed by atoms with Crippen molar-refractivity contribution in [1.29, 1.82) is 0 Å². The molecule has 3 aliphatic heterocycles. The Labute approximate surface area is 264 Å². The summed E-state index contributed by atoms with van der Waals surface area (Å²) in [7, 11) is -1.88. The first-order valence-electron chi connectivity index (χ1n) is 14.7. The van der Waals surface area contributed by atoms with Crippen LogP contribution in [0.3, 0.4) is 0 Å². The van der Waals surface area contributed by atoms with Gasteiger partial charge in [-0.3, -0.25) is 4.79 Å². The van der Waals surface area contributed by atoms with Crippen molar-refractivity contribution >= 4 is 55.0 Å². The molecule has 0 N–H and O–H groups in total. The highest BCUT2D eigenvalue weighted by Gasteiger charge is 2.61. The molecule has 234 valence electrons. The van der Waals surface area contributed by atoms with E-state index in [1.54, 1.807) is 15.9 Å². The molecule has 4 heterocycles. The highest BCUT2D eigenvalue weighted by molar-refractivity contribution is 8.04. The van der Waals surface area contributed by atoms with Gasteiger partial charge in [0, 0.05) is 22.7 Å². The number of fused-ring (bicyclic) bond motifs is 1.